The van der Waals surface area contributed by atoms with Gasteiger partial charge in [0.1, 0.15) is 5.82 Å². The Hall–Kier alpha value is -3.54. The molecule has 0 aromatic heterocycles. The number of carbonyl (C=O) groups is 1. The Morgan fingerprint density at radius 2 is 1.73 bits per heavy atom. The fourth-order valence-electron chi connectivity index (χ4n) is 3.21. The molecule has 0 aliphatic heterocycles. The van der Waals surface area contributed by atoms with E-state index in [1.807, 2.05) is 37.3 Å². The second-order valence-electron chi connectivity index (χ2n) is 7.07. The standard InChI is InChI=1S/C24H23FN2O3/c1-2-3-10-24(28)26(22-8-5-7-21(25)16-22)17-18-11-13-19(14-12-18)20-6-4-9-23(15-20)27(29)30/h4-9,11-16H,2-3,10,17H2,1H3. The summed E-state index contributed by atoms with van der Waals surface area (Å²) in [5, 5.41) is 11.0. The Morgan fingerprint density at radius 3 is 2.40 bits per heavy atom. The van der Waals surface area contributed by atoms with Crippen molar-refractivity contribution in [1.29, 1.82) is 0 Å². The Kier molecular flexibility index (Phi) is 6.91. The van der Waals surface area contributed by atoms with Crippen LogP contribution in [0.1, 0.15) is 31.7 Å². The zero-order valence-corrected chi connectivity index (χ0v) is 16.8. The molecule has 0 atom stereocenters. The van der Waals surface area contributed by atoms with Gasteiger partial charge < -0.3 is 4.90 Å². The quantitative estimate of drug-likeness (QED) is 0.334. The van der Waals surface area contributed by atoms with Crippen LogP contribution >= 0.6 is 0 Å². The van der Waals surface area contributed by atoms with Crippen LogP contribution in [0.15, 0.2) is 72.8 Å². The molecule has 5 nitrogen and oxygen atoms in total. The molecule has 1 amide bonds. The average molecular weight is 406 g/mol. The van der Waals surface area contributed by atoms with Crippen molar-refractivity contribution in [2.45, 2.75) is 32.7 Å². The first-order valence-electron chi connectivity index (χ1n) is 9.87. The maximum atomic E-state index is 13.7. The molecule has 0 saturated carbocycles. The minimum Gasteiger partial charge on any atom is -0.308 e. The van der Waals surface area contributed by atoms with Crippen molar-refractivity contribution in [1.82, 2.24) is 0 Å². The van der Waals surface area contributed by atoms with Gasteiger partial charge in [-0.25, -0.2) is 4.39 Å². The summed E-state index contributed by atoms with van der Waals surface area (Å²) in [6.45, 7) is 2.34. The van der Waals surface area contributed by atoms with Crippen molar-refractivity contribution in [3.8, 4) is 11.1 Å². The fraction of sp³-hybridized carbons (Fsp3) is 0.208. The molecule has 0 aliphatic carbocycles. The van der Waals surface area contributed by atoms with Crippen molar-refractivity contribution in [2.24, 2.45) is 0 Å². The van der Waals surface area contributed by atoms with Crippen molar-refractivity contribution in [3.63, 3.8) is 0 Å². The molecule has 0 saturated heterocycles. The van der Waals surface area contributed by atoms with Gasteiger partial charge in [0, 0.05) is 24.2 Å². The number of benzene rings is 3. The van der Waals surface area contributed by atoms with Crippen LogP contribution in [-0.4, -0.2) is 10.8 Å². The zero-order valence-electron chi connectivity index (χ0n) is 16.8. The number of anilines is 1. The van der Waals surface area contributed by atoms with Crippen LogP contribution in [0.2, 0.25) is 0 Å². The van der Waals surface area contributed by atoms with Crippen molar-refractivity contribution >= 4 is 17.3 Å². The number of nitro benzene ring substituents is 1. The van der Waals surface area contributed by atoms with Gasteiger partial charge in [0.25, 0.3) is 5.69 Å². The Bertz CT molecular complexity index is 1030. The number of non-ortho nitro benzene ring substituents is 1. The van der Waals surface area contributed by atoms with Crippen LogP contribution in [0.3, 0.4) is 0 Å². The third-order valence-electron chi connectivity index (χ3n) is 4.85. The molecule has 0 fully saturated rings. The van der Waals surface area contributed by atoms with Crippen molar-refractivity contribution in [3.05, 3.63) is 94.3 Å². The summed E-state index contributed by atoms with van der Waals surface area (Å²) < 4.78 is 13.7. The minimum absolute atomic E-state index is 0.0374. The lowest BCUT2D eigenvalue weighted by atomic mass is 10.0. The highest BCUT2D eigenvalue weighted by atomic mass is 19.1. The summed E-state index contributed by atoms with van der Waals surface area (Å²) in [4.78, 5) is 24.9. The summed E-state index contributed by atoms with van der Waals surface area (Å²) >= 11 is 0. The predicted molar refractivity (Wildman–Crippen MR) is 116 cm³/mol. The van der Waals surface area contributed by atoms with Crippen LogP contribution in [-0.2, 0) is 11.3 Å². The van der Waals surface area contributed by atoms with E-state index >= 15 is 0 Å². The highest BCUT2D eigenvalue weighted by Gasteiger charge is 2.16. The topological polar surface area (TPSA) is 63.5 Å². The number of hydrogen-bond acceptors (Lipinski definition) is 3. The van der Waals surface area contributed by atoms with E-state index in [1.165, 1.54) is 24.3 Å². The summed E-state index contributed by atoms with van der Waals surface area (Å²) in [6.07, 6.45) is 2.08. The lowest BCUT2D eigenvalue weighted by Gasteiger charge is -2.23. The average Bonchev–Trinajstić information content (AvgIpc) is 2.76. The van der Waals surface area contributed by atoms with Gasteiger partial charge in [-0.2, -0.15) is 0 Å². The molecule has 0 radical (unpaired) electrons. The smallest absolute Gasteiger partial charge is 0.270 e. The number of carbonyl (C=O) groups excluding carboxylic acids is 1. The van der Waals surface area contributed by atoms with Crippen LogP contribution in [0.5, 0.6) is 0 Å². The molecule has 3 aromatic rings. The number of nitrogens with zero attached hydrogens (tertiary/aromatic N) is 2. The minimum atomic E-state index is -0.420. The molecule has 0 spiro atoms. The fourth-order valence-corrected chi connectivity index (χ4v) is 3.21. The molecule has 0 unspecified atom stereocenters. The third kappa shape index (κ3) is 5.29. The van der Waals surface area contributed by atoms with Crippen molar-refractivity contribution in [2.75, 3.05) is 4.90 Å². The molecule has 0 bridgehead atoms. The number of unbranched alkanes of at least 4 members (excludes halogenated alkanes) is 1. The van der Waals surface area contributed by atoms with Crippen LogP contribution in [0, 0.1) is 15.9 Å². The molecule has 30 heavy (non-hydrogen) atoms. The van der Waals surface area contributed by atoms with E-state index in [-0.39, 0.29) is 17.4 Å². The summed E-state index contributed by atoms with van der Waals surface area (Å²) in [6, 6.07) is 20.0. The third-order valence-corrected chi connectivity index (χ3v) is 4.85. The van der Waals surface area contributed by atoms with E-state index in [0.29, 0.717) is 18.7 Å². The second kappa shape index (κ2) is 9.78. The van der Waals surface area contributed by atoms with Gasteiger partial charge in [-0.05, 0) is 41.3 Å². The van der Waals surface area contributed by atoms with Gasteiger partial charge >= 0.3 is 0 Å². The number of hydrogen-bond donors (Lipinski definition) is 0. The van der Waals surface area contributed by atoms with Gasteiger partial charge in [0.05, 0.1) is 11.5 Å². The maximum Gasteiger partial charge on any atom is 0.270 e. The van der Waals surface area contributed by atoms with Gasteiger partial charge in [-0.15, -0.1) is 0 Å². The van der Waals surface area contributed by atoms with E-state index in [9.17, 15) is 19.3 Å². The molecular formula is C24H23FN2O3. The normalized spacial score (nSPS) is 10.6. The van der Waals surface area contributed by atoms with E-state index in [2.05, 4.69) is 0 Å². The Balaban J connectivity index is 1.83. The van der Waals surface area contributed by atoms with E-state index < -0.39 is 4.92 Å². The van der Waals surface area contributed by atoms with Crippen LogP contribution in [0.25, 0.3) is 11.1 Å². The lowest BCUT2D eigenvalue weighted by Crippen LogP contribution is -2.30. The largest absolute Gasteiger partial charge is 0.308 e. The zero-order chi connectivity index (χ0) is 21.5. The number of rotatable bonds is 8. The summed E-state index contributed by atoms with van der Waals surface area (Å²) in [5.41, 5.74) is 3.04. The highest BCUT2D eigenvalue weighted by molar-refractivity contribution is 5.93. The molecule has 3 aromatic carbocycles. The molecule has 0 heterocycles. The van der Waals surface area contributed by atoms with Gasteiger partial charge in [0.2, 0.25) is 5.91 Å². The monoisotopic (exact) mass is 406 g/mol. The number of nitro groups is 1. The Morgan fingerprint density at radius 1 is 1.00 bits per heavy atom. The maximum absolute atomic E-state index is 13.7. The van der Waals surface area contributed by atoms with E-state index in [4.69, 9.17) is 0 Å². The molecule has 3 rings (SSSR count). The van der Waals surface area contributed by atoms with Crippen molar-refractivity contribution < 1.29 is 14.1 Å². The molecular weight excluding hydrogens is 383 g/mol. The molecule has 0 aliphatic rings. The second-order valence-corrected chi connectivity index (χ2v) is 7.07. The first kappa shape index (κ1) is 21.2. The molecule has 6 heteroatoms. The first-order chi connectivity index (χ1) is 14.5. The van der Waals surface area contributed by atoms with Crippen LogP contribution < -0.4 is 4.90 Å². The predicted octanol–water partition coefficient (Wildman–Crippen LogP) is 6.12. The first-order valence-corrected chi connectivity index (χ1v) is 9.87. The van der Waals surface area contributed by atoms with E-state index in [0.717, 1.165) is 29.5 Å². The lowest BCUT2D eigenvalue weighted by molar-refractivity contribution is -0.384. The summed E-state index contributed by atoms with van der Waals surface area (Å²) in [5.74, 6) is -0.438. The molecule has 0 N–H and O–H groups in total. The molecule has 154 valence electrons. The Labute approximate surface area is 174 Å². The SMILES string of the molecule is CCCCC(=O)N(Cc1ccc(-c2cccc([N+](=O)[O-])c2)cc1)c1cccc(F)c1. The number of amides is 1. The van der Waals surface area contributed by atoms with E-state index in [1.54, 1.807) is 23.1 Å². The summed E-state index contributed by atoms with van der Waals surface area (Å²) in [7, 11) is 0. The van der Waals surface area contributed by atoms with Crippen LogP contribution in [0.4, 0.5) is 15.8 Å². The van der Waals surface area contributed by atoms with Gasteiger partial charge in [-0.3, -0.25) is 14.9 Å². The van der Waals surface area contributed by atoms with Gasteiger partial charge in [-0.1, -0.05) is 55.8 Å². The highest BCUT2D eigenvalue weighted by Crippen LogP contribution is 2.25. The van der Waals surface area contributed by atoms with Gasteiger partial charge in [0.15, 0.2) is 0 Å². The number of halogens is 1.